The van der Waals surface area contributed by atoms with Crippen molar-refractivity contribution >= 4 is 21.4 Å². The monoisotopic (exact) mass is 301 g/mol. The first-order valence-corrected chi connectivity index (χ1v) is 7.70. The molecule has 0 radical (unpaired) electrons. The summed E-state index contributed by atoms with van der Waals surface area (Å²) < 4.78 is 30.7. The number of hydrogen-bond acceptors (Lipinski definition) is 5. The first-order chi connectivity index (χ1) is 9.23. The van der Waals surface area contributed by atoms with Gasteiger partial charge in [-0.25, -0.2) is 12.7 Å². The minimum absolute atomic E-state index is 0.0830. The van der Waals surface area contributed by atoms with E-state index >= 15 is 0 Å². The molecular weight excluding hydrogens is 278 g/mol. The van der Waals surface area contributed by atoms with Gasteiger partial charge in [0, 0.05) is 34.3 Å². The molecule has 1 rings (SSSR count). The molecule has 7 heteroatoms. The van der Waals surface area contributed by atoms with Crippen LogP contribution >= 0.6 is 0 Å². The molecule has 1 atom stereocenters. The number of sulfonamides is 1. The predicted molar refractivity (Wildman–Crippen MR) is 81.5 cm³/mol. The number of nitrogen functional groups attached to an aromatic ring is 1. The van der Waals surface area contributed by atoms with E-state index in [0.29, 0.717) is 12.3 Å². The van der Waals surface area contributed by atoms with Crippen molar-refractivity contribution in [3.63, 3.8) is 0 Å². The molecule has 0 bridgehead atoms. The number of ether oxygens (including phenoxy) is 1. The van der Waals surface area contributed by atoms with Crippen LogP contribution in [-0.4, -0.2) is 53.6 Å². The van der Waals surface area contributed by atoms with Gasteiger partial charge in [-0.05, 0) is 19.1 Å². The molecule has 0 saturated heterocycles. The Kier molecular flexibility index (Phi) is 5.38. The third-order valence-corrected chi connectivity index (χ3v) is 5.12. The van der Waals surface area contributed by atoms with Crippen molar-refractivity contribution in [1.82, 2.24) is 4.31 Å². The van der Waals surface area contributed by atoms with Gasteiger partial charge in [-0.2, -0.15) is 0 Å². The lowest BCUT2D eigenvalue weighted by atomic mass is 10.2. The summed E-state index contributed by atoms with van der Waals surface area (Å²) in [6, 6.07) is 5.09. The van der Waals surface area contributed by atoms with Crippen LogP contribution in [0.25, 0.3) is 0 Å². The first-order valence-electron chi connectivity index (χ1n) is 6.26. The van der Waals surface area contributed by atoms with Gasteiger partial charge < -0.3 is 15.4 Å². The maximum absolute atomic E-state index is 12.2. The van der Waals surface area contributed by atoms with Gasteiger partial charge >= 0.3 is 0 Å². The smallest absolute Gasteiger partial charge is 0.244 e. The predicted octanol–water partition coefficient (Wildman–Crippen LogP) is 0.990. The second-order valence-corrected chi connectivity index (χ2v) is 7.01. The van der Waals surface area contributed by atoms with E-state index in [0.717, 1.165) is 4.31 Å². The molecule has 6 nitrogen and oxygen atoms in total. The van der Waals surface area contributed by atoms with Crippen LogP contribution in [0.2, 0.25) is 0 Å². The Bertz CT molecular complexity index is 558. The molecule has 2 N–H and O–H groups in total. The van der Waals surface area contributed by atoms with Gasteiger partial charge in [-0.3, -0.25) is 0 Å². The molecular formula is C13H23N3O3S. The van der Waals surface area contributed by atoms with Gasteiger partial charge in [0.05, 0.1) is 18.0 Å². The normalized spacial score (nSPS) is 13.5. The third kappa shape index (κ3) is 3.23. The maximum Gasteiger partial charge on any atom is 0.244 e. The Morgan fingerprint density at radius 2 is 1.90 bits per heavy atom. The highest BCUT2D eigenvalue weighted by atomic mass is 32.2. The molecule has 0 amide bonds. The molecule has 0 aromatic heterocycles. The Hall–Kier alpha value is -1.31. The van der Waals surface area contributed by atoms with E-state index < -0.39 is 10.0 Å². The molecule has 1 aromatic rings. The number of methoxy groups -OCH3 is 1. The SMILES string of the molecule is COCC(C)N(C)c1cccc(S(=O)(=O)N(C)C)c1N. The number of nitrogens with two attached hydrogens (primary N) is 1. The third-order valence-electron chi connectivity index (χ3n) is 3.25. The van der Waals surface area contributed by atoms with Crippen molar-refractivity contribution in [2.45, 2.75) is 17.9 Å². The van der Waals surface area contributed by atoms with Crippen molar-refractivity contribution in [3.8, 4) is 0 Å². The van der Waals surface area contributed by atoms with Gasteiger partial charge in [0.2, 0.25) is 10.0 Å². The minimum Gasteiger partial charge on any atom is -0.396 e. The molecule has 0 fully saturated rings. The van der Waals surface area contributed by atoms with Crippen LogP contribution in [0.15, 0.2) is 23.1 Å². The molecule has 0 spiro atoms. The highest BCUT2D eigenvalue weighted by Gasteiger charge is 2.23. The molecule has 1 unspecified atom stereocenters. The lowest BCUT2D eigenvalue weighted by molar-refractivity contribution is 0.183. The van der Waals surface area contributed by atoms with Crippen molar-refractivity contribution in [2.75, 3.05) is 45.5 Å². The van der Waals surface area contributed by atoms with Gasteiger partial charge in [0.1, 0.15) is 4.90 Å². The van der Waals surface area contributed by atoms with E-state index in [1.54, 1.807) is 19.2 Å². The summed E-state index contributed by atoms with van der Waals surface area (Å²) in [7, 11) is 2.91. The lowest BCUT2D eigenvalue weighted by Crippen LogP contribution is -2.33. The average Bonchev–Trinajstić information content (AvgIpc) is 2.38. The van der Waals surface area contributed by atoms with E-state index in [-0.39, 0.29) is 16.6 Å². The van der Waals surface area contributed by atoms with Crippen molar-refractivity contribution in [1.29, 1.82) is 0 Å². The number of anilines is 2. The van der Waals surface area contributed by atoms with Crippen LogP contribution in [0.5, 0.6) is 0 Å². The van der Waals surface area contributed by atoms with E-state index in [9.17, 15) is 8.42 Å². The molecule has 1 aromatic carbocycles. The molecule has 20 heavy (non-hydrogen) atoms. The molecule has 0 aliphatic heterocycles. The number of para-hydroxylation sites is 1. The summed E-state index contributed by atoms with van der Waals surface area (Å²) in [4.78, 5) is 2.03. The fourth-order valence-corrected chi connectivity index (χ4v) is 2.88. The Morgan fingerprint density at radius 3 is 2.40 bits per heavy atom. The standard InChI is InChI=1S/C13H23N3O3S/c1-10(9-19-5)16(4)11-7-6-8-12(13(11)14)20(17,18)15(2)3/h6-8,10H,9,14H2,1-5H3. The van der Waals surface area contributed by atoms with Crippen LogP contribution in [0.4, 0.5) is 11.4 Å². The zero-order valence-corrected chi connectivity index (χ0v) is 13.4. The van der Waals surface area contributed by atoms with Crippen LogP contribution in [0.1, 0.15) is 6.92 Å². The van der Waals surface area contributed by atoms with Crippen LogP contribution in [0, 0.1) is 0 Å². The summed E-state index contributed by atoms with van der Waals surface area (Å²) in [5.41, 5.74) is 6.99. The second kappa shape index (κ2) is 6.43. The van der Waals surface area contributed by atoms with Gasteiger partial charge in [-0.1, -0.05) is 6.07 Å². The summed E-state index contributed by atoms with van der Waals surface area (Å²) in [6.07, 6.45) is 0. The lowest BCUT2D eigenvalue weighted by Gasteiger charge is -2.28. The fraction of sp³-hybridized carbons (Fsp3) is 0.538. The molecule has 0 aliphatic rings. The zero-order chi connectivity index (χ0) is 15.5. The molecule has 0 heterocycles. The minimum atomic E-state index is -3.55. The van der Waals surface area contributed by atoms with E-state index in [4.69, 9.17) is 10.5 Å². The summed E-state index contributed by atoms with van der Waals surface area (Å²) in [5.74, 6) is 0. The Labute approximate surface area is 121 Å². The van der Waals surface area contributed by atoms with E-state index in [1.165, 1.54) is 20.2 Å². The second-order valence-electron chi connectivity index (χ2n) is 4.89. The number of rotatable bonds is 6. The molecule has 114 valence electrons. The van der Waals surface area contributed by atoms with Crippen LogP contribution < -0.4 is 10.6 Å². The summed E-state index contributed by atoms with van der Waals surface area (Å²) in [6.45, 7) is 2.51. The number of hydrogen-bond donors (Lipinski definition) is 1. The van der Waals surface area contributed by atoms with Crippen molar-refractivity contribution < 1.29 is 13.2 Å². The van der Waals surface area contributed by atoms with Gasteiger partial charge in [0.15, 0.2) is 0 Å². The Balaban J connectivity index is 3.27. The number of likely N-dealkylation sites (N-methyl/N-ethyl adjacent to an activating group) is 1. The average molecular weight is 301 g/mol. The number of nitrogens with zero attached hydrogens (tertiary/aromatic N) is 2. The summed E-state index contributed by atoms with van der Waals surface area (Å²) >= 11 is 0. The molecule has 0 aliphatic carbocycles. The van der Waals surface area contributed by atoms with E-state index in [1.807, 2.05) is 18.9 Å². The fourth-order valence-electron chi connectivity index (χ4n) is 1.85. The van der Waals surface area contributed by atoms with Crippen molar-refractivity contribution in [2.24, 2.45) is 0 Å². The quantitative estimate of drug-likeness (QED) is 0.793. The first kappa shape index (κ1) is 16.7. The highest BCUT2D eigenvalue weighted by molar-refractivity contribution is 7.89. The van der Waals surface area contributed by atoms with Crippen LogP contribution in [0.3, 0.4) is 0 Å². The maximum atomic E-state index is 12.2. The largest absolute Gasteiger partial charge is 0.396 e. The van der Waals surface area contributed by atoms with Gasteiger partial charge in [0.25, 0.3) is 0 Å². The topological polar surface area (TPSA) is 75.9 Å². The zero-order valence-electron chi connectivity index (χ0n) is 12.6. The van der Waals surface area contributed by atoms with Crippen LogP contribution in [-0.2, 0) is 14.8 Å². The van der Waals surface area contributed by atoms with E-state index in [2.05, 4.69) is 0 Å². The highest BCUT2D eigenvalue weighted by Crippen LogP contribution is 2.31. The number of benzene rings is 1. The van der Waals surface area contributed by atoms with Gasteiger partial charge in [-0.15, -0.1) is 0 Å². The van der Waals surface area contributed by atoms with Crippen molar-refractivity contribution in [3.05, 3.63) is 18.2 Å². The summed E-state index contributed by atoms with van der Waals surface area (Å²) in [5, 5.41) is 0. The molecule has 0 saturated carbocycles. The Morgan fingerprint density at radius 1 is 1.30 bits per heavy atom.